The fraction of sp³-hybridized carbons (Fsp3) is 0.385. The van der Waals surface area contributed by atoms with Crippen LogP contribution in [0.1, 0.15) is 19.4 Å². The molecule has 1 rings (SSSR count). The summed E-state index contributed by atoms with van der Waals surface area (Å²) in [6.07, 6.45) is 0. The number of aliphatic carboxylic acids is 1. The minimum Gasteiger partial charge on any atom is -0.497 e. The Kier molecular flexibility index (Phi) is 4.72. The molecule has 0 aliphatic carbocycles. The summed E-state index contributed by atoms with van der Waals surface area (Å²) in [6, 6.07) is 5.00. The number of methoxy groups -OCH3 is 1. The summed E-state index contributed by atoms with van der Waals surface area (Å²) >= 11 is 4.90. The second kappa shape index (κ2) is 5.88. The summed E-state index contributed by atoms with van der Waals surface area (Å²) in [4.78, 5) is 11.2. The van der Waals surface area contributed by atoms with Crippen molar-refractivity contribution in [2.24, 2.45) is 11.1 Å². The molecule has 19 heavy (non-hydrogen) atoms. The van der Waals surface area contributed by atoms with E-state index in [1.807, 2.05) is 0 Å². The van der Waals surface area contributed by atoms with Gasteiger partial charge in [-0.05, 0) is 26.0 Å². The van der Waals surface area contributed by atoms with Gasteiger partial charge in [-0.1, -0.05) is 12.2 Å². The molecule has 0 atom stereocenters. The lowest BCUT2D eigenvalue weighted by molar-refractivity contribution is -0.148. The SMILES string of the molecule is COc1cc(OCC(C)(C)C(=O)O)cc(C(N)=S)c1. The molecule has 0 fully saturated rings. The fourth-order valence-electron chi connectivity index (χ4n) is 1.24. The van der Waals surface area contributed by atoms with Crippen molar-refractivity contribution in [2.45, 2.75) is 13.8 Å². The van der Waals surface area contributed by atoms with Crippen molar-refractivity contribution >= 4 is 23.2 Å². The lowest BCUT2D eigenvalue weighted by atomic mass is 9.95. The minimum atomic E-state index is -0.980. The second-order valence-corrected chi connectivity index (χ2v) is 5.18. The first-order valence-electron chi connectivity index (χ1n) is 5.61. The Morgan fingerprint density at radius 1 is 1.37 bits per heavy atom. The van der Waals surface area contributed by atoms with Gasteiger partial charge < -0.3 is 20.3 Å². The molecule has 104 valence electrons. The molecule has 0 radical (unpaired) electrons. The van der Waals surface area contributed by atoms with Gasteiger partial charge in [0, 0.05) is 11.6 Å². The maximum absolute atomic E-state index is 11.0. The lowest BCUT2D eigenvalue weighted by Crippen LogP contribution is -2.30. The molecule has 1 aromatic rings. The number of carboxylic acids is 1. The van der Waals surface area contributed by atoms with Gasteiger partial charge in [0.2, 0.25) is 0 Å². The predicted octanol–water partition coefficient (Wildman–Crippen LogP) is 1.82. The van der Waals surface area contributed by atoms with Crippen molar-refractivity contribution < 1.29 is 19.4 Å². The van der Waals surface area contributed by atoms with E-state index in [1.54, 1.807) is 32.0 Å². The highest BCUT2D eigenvalue weighted by Crippen LogP contribution is 2.25. The zero-order valence-electron chi connectivity index (χ0n) is 11.1. The van der Waals surface area contributed by atoms with Crippen LogP contribution < -0.4 is 15.2 Å². The number of benzene rings is 1. The monoisotopic (exact) mass is 283 g/mol. The Morgan fingerprint density at radius 2 is 1.95 bits per heavy atom. The highest BCUT2D eigenvalue weighted by molar-refractivity contribution is 7.80. The van der Waals surface area contributed by atoms with Crippen LogP contribution in [0.4, 0.5) is 0 Å². The molecule has 0 saturated heterocycles. The van der Waals surface area contributed by atoms with E-state index in [2.05, 4.69) is 0 Å². The molecule has 0 aliphatic rings. The number of nitrogens with two attached hydrogens (primary N) is 1. The van der Waals surface area contributed by atoms with Crippen LogP contribution in [-0.4, -0.2) is 29.8 Å². The zero-order chi connectivity index (χ0) is 14.6. The van der Waals surface area contributed by atoms with E-state index in [9.17, 15) is 4.79 Å². The third-order valence-electron chi connectivity index (χ3n) is 2.58. The number of carboxylic acid groups (broad SMARTS) is 1. The summed E-state index contributed by atoms with van der Waals surface area (Å²) in [5.41, 5.74) is 5.19. The molecular formula is C13H17NO4S. The summed E-state index contributed by atoms with van der Waals surface area (Å²) in [5.74, 6) is 0.0925. The normalized spacial score (nSPS) is 10.9. The molecule has 0 amide bonds. The largest absolute Gasteiger partial charge is 0.497 e. The van der Waals surface area contributed by atoms with Gasteiger partial charge in [0.1, 0.15) is 23.1 Å². The molecule has 0 spiro atoms. The Morgan fingerprint density at radius 3 is 2.42 bits per heavy atom. The first-order valence-corrected chi connectivity index (χ1v) is 6.02. The molecule has 0 saturated carbocycles. The second-order valence-electron chi connectivity index (χ2n) is 4.74. The number of thiocarbonyl (C=S) groups is 1. The van der Waals surface area contributed by atoms with Crippen molar-refractivity contribution in [1.29, 1.82) is 0 Å². The number of ether oxygens (including phenoxy) is 2. The van der Waals surface area contributed by atoms with Gasteiger partial charge in [0.05, 0.1) is 12.5 Å². The topological polar surface area (TPSA) is 81.8 Å². The van der Waals surface area contributed by atoms with Crippen molar-refractivity contribution in [3.8, 4) is 11.5 Å². The fourth-order valence-corrected chi connectivity index (χ4v) is 1.36. The lowest BCUT2D eigenvalue weighted by Gasteiger charge is -2.20. The van der Waals surface area contributed by atoms with E-state index in [0.717, 1.165) is 0 Å². The molecule has 0 bridgehead atoms. The molecule has 0 aliphatic heterocycles. The van der Waals surface area contributed by atoms with Gasteiger partial charge in [-0.3, -0.25) is 4.79 Å². The molecular weight excluding hydrogens is 266 g/mol. The summed E-state index contributed by atoms with van der Waals surface area (Å²) in [7, 11) is 1.52. The van der Waals surface area contributed by atoms with E-state index < -0.39 is 11.4 Å². The third kappa shape index (κ3) is 4.10. The van der Waals surface area contributed by atoms with Gasteiger partial charge in [-0.2, -0.15) is 0 Å². The summed E-state index contributed by atoms with van der Waals surface area (Å²) in [6.45, 7) is 3.21. The smallest absolute Gasteiger partial charge is 0.312 e. The Bertz CT molecular complexity index is 499. The first-order chi connectivity index (χ1) is 8.76. The standard InChI is InChI=1S/C13H17NO4S/c1-13(2,12(15)16)7-18-10-5-8(11(14)19)4-9(6-10)17-3/h4-6H,7H2,1-3H3,(H2,14,19)(H,15,16). The van der Waals surface area contributed by atoms with Crippen LogP contribution in [0, 0.1) is 5.41 Å². The average molecular weight is 283 g/mol. The van der Waals surface area contributed by atoms with Crippen LogP contribution in [-0.2, 0) is 4.79 Å². The third-order valence-corrected chi connectivity index (χ3v) is 2.81. The van der Waals surface area contributed by atoms with Crippen LogP contribution >= 0.6 is 12.2 Å². The number of rotatable bonds is 6. The maximum Gasteiger partial charge on any atom is 0.312 e. The van der Waals surface area contributed by atoms with Crippen LogP contribution in [0.3, 0.4) is 0 Å². The Labute approximate surface area is 117 Å². The number of carbonyl (C=O) groups is 1. The zero-order valence-corrected chi connectivity index (χ0v) is 11.9. The quantitative estimate of drug-likeness (QED) is 0.775. The van der Waals surface area contributed by atoms with Crippen LogP contribution in [0.2, 0.25) is 0 Å². The Hall–Kier alpha value is -1.82. The van der Waals surface area contributed by atoms with Gasteiger partial charge >= 0.3 is 5.97 Å². The molecule has 0 heterocycles. The van der Waals surface area contributed by atoms with Gasteiger partial charge in [0.25, 0.3) is 0 Å². The Balaban J connectivity index is 2.92. The molecule has 5 nitrogen and oxygen atoms in total. The predicted molar refractivity (Wildman–Crippen MR) is 75.8 cm³/mol. The average Bonchev–Trinajstić information content (AvgIpc) is 2.35. The van der Waals surface area contributed by atoms with Crippen molar-refractivity contribution in [3.63, 3.8) is 0 Å². The first kappa shape index (κ1) is 15.2. The van der Waals surface area contributed by atoms with Gasteiger partial charge in [0.15, 0.2) is 0 Å². The number of hydrogen-bond acceptors (Lipinski definition) is 4. The number of hydrogen-bond donors (Lipinski definition) is 2. The van der Waals surface area contributed by atoms with Gasteiger partial charge in [-0.15, -0.1) is 0 Å². The van der Waals surface area contributed by atoms with E-state index in [0.29, 0.717) is 17.1 Å². The highest BCUT2D eigenvalue weighted by atomic mass is 32.1. The molecule has 1 aromatic carbocycles. The van der Waals surface area contributed by atoms with Gasteiger partial charge in [-0.25, -0.2) is 0 Å². The molecule has 6 heteroatoms. The van der Waals surface area contributed by atoms with Crippen LogP contribution in [0.5, 0.6) is 11.5 Å². The maximum atomic E-state index is 11.0. The highest BCUT2D eigenvalue weighted by Gasteiger charge is 2.28. The van der Waals surface area contributed by atoms with Crippen LogP contribution in [0.15, 0.2) is 18.2 Å². The minimum absolute atomic E-state index is 0.0340. The summed E-state index contributed by atoms with van der Waals surface area (Å²) in [5, 5.41) is 9.02. The summed E-state index contributed by atoms with van der Waals surface area (Å²) < 4.78 is 10.6. The van der Waals surface area contributed by atoms with E-state index in [4.69, 9.17) is 32.5 Å². The van der Waals surface area contributed by atoms with E-state index >= 15 is 0 Å². The van der Waals surface area contributed by atoms with E-state index in [-0.39, 0.29) is 11.6 Å². The van der Waals surface area contributed by atoms with Crippen LogP contribution in [0.25, 0.3) is 0 Å². The van der Waals surface area contributed by atoms with Crippen molar-refractivity contribution in [2.75, 3.05) is 13.7 Å². The molecule has 3 N–H and O–H groups in total. The van der Waals surface area contributed by atoms with Crippen molar-refractivity contribution in [3.05, 3.63) is 23.8 Å². The molecule has 0 unspecified atom stereocenters. The van der Waals surface area contributed by atoms with Crippen molar-refractivity contribution in [1.82, 2.24) is 0 Å². The van der Waals surface area contributed by atoms with E-state index in [1.165, 1.54) is 7.11 Å². The molecule has 0 aromatic heterocycles.